The van der Waals surface area contributed by atoms with Crippen molar-refractivity contribution in [3.63, 3.8) is 0 Å². The van der Waals surface area contributed by atoms with Gasteiger partial charge >= 0.3 is 0 Å². The summed E-state index contributed by atoms with van der Waals surface area (Å²) in [7, 11) is 3.65. The minimum atomic E-state index is -0.541. The smallest absolute Gasteiger partial charge is 0.287 e. The minimum absolute atomic E-state index is 0.108. The predicted molar refractivity (Wildman–Crippen MR) is 157 cm³/mol. The number of anilines is 3. The van der Waals surface area contributed by atoms with E-state index in [0.29, 0.717) is 28.0 Å². The largest absolute Gasteiger partial charge is 0.336 e. The lowest BCUT2D eigenvalue weighted by Gasteiger charge is -2.19. The summed E-state index contributed by atoms with van der Waals surface area (Å²) in [5, 5.41) is 10.7. The Morgan fingerprint density at radius 2 is 2.00 bits per heavy atom. The number of carbonyl (C=O) groups excluding carboxylic acids is 1. The third kappa shape index (κ3) is 4.99. The average molecular weight is 555 g/mol. The van der Waals surface area contributed by atoms with E-state index in [-0.39, 0.29) is 17.3 Å². The maximum absolute atomic E-state index is 14.9. The SMILES string of the molecule is CN(C(=O)c1cc2ccccc2s1)c1cc(-c2cc(Nc3ccc(C4CCCN4C)cn3)c(=O)[nH]n2)ccc1F. The zero-order valence-electron chi connectivity index (χ0n) is 22.0. The Hall–Kier alpha value is -4.41. The second-order valence-corrected chi connectivity index (χ2v) is 11.0. The molecule has 0 radical (unpaired) electrons. The van der Waals surface area contributed by atoms with Crippen LogP contribution >= 0.6 is 11.3 Å². The molecule has 1 saturated heterocycles. The van der Waals surface area contributed by atoms with Crippen molar-refractivity contribution in [1.29, 1.82) is 0 Å². The molecule has 3 aromatic heterocycles. The van der Waals surface area contributed by atoms with Gasteiger partial charge in [-0.25, -0.2) is 14.5 Å². The topological polar surface area (TPSA) is 94.2 Å². The number of amides is 1. The van der Waals surface area contributed by atoms with Crippen LogP contribution in [0.3, 0.4) is 0 Å². The second kappa shape index (κ2) is 10.6. The fourth-order valence-corrected chi connectivity index (χ4v) is 6.12. The van der Waals surface area contributed by atoms with E-state index in [1.165, 1.54) is 22.3 Å². The Bertz CT molecular complexity index is 1730. The van der Waals surface area contributed by atoms with Gasteiger partial charge in [0.15, 0.2) is 0 Å². The highest BCUT2D eigenvalue weighted by atomic mass is 32.1. The molecule has 10 heteroatoms. The van der Waals surface area contributed by atoms with Gasteiger partial charge in [0.05, 0.1) is 16.3 Å². The van der Waals surface area contributed by atoms with E-state index >= 15 is 0 Å². The van der Waals surface area contributed by atoms with Crippen molar-refractivity contribution in [2.75, 3.05) is 30.9 Å². The third-order valence-corrected chi connectivity index (χ3v) is 8.41. The molecule has 1 fully saturated rings. The first-order valence-corrected chi connectivity index (χ1v) is 13.8. The molecule has 202 valence electrons. The van der Waals surface area contributed by atoms with Gasteiger partial charge in [-0.15, -0.1) is 11.3 Å². The van der Waals surface area contributed by atoms with Crippen LogP contribution in [0.5, 0.6) is 0 Å². The summed E-state index contributed by atoms with van der Waals surface area (Å²) >= 11 is 1.36. The number of likely N-dealkylation sites (tertiary alicyclic amines) is 1. The van der Waals surface area contributed by atoms with E-state index in [2.05, 4.69) is 32.4 Å². The molecule has 1 unspecified atom stereocenters. The number of pyridine rings is 1. The van der Waals surface area contributed by atoms with Crippen molar-refractivity contribution in [2.24, 2.45) is 0 Å². The maximum atomic E-state index is 14.9. The fourth-order valence-electron chi connectivity index (χ4n) is 5.08. The van der Waals surface area contributed by atoms with Gasteiger partial charge in [-0.3, -0.25) is 14.5 Å². The Morgan fingerprint density at radius 3 is 2.75 bits per heavy atom. The standard InChI is InChI=1S/C30H27FN6O2S/c1-36-13-5-7-24(36)20-10-12-28(32-17-20)33-23-16-22(34-35-29(23)38)18-9-11-21(31)25(14-18)37(2)30(39)27-15-19-6-3-4-8-26(19)40-27/h3-4,6,8-12,14-17,24H,5,7,13H2,1-2H3,(H,35,38)(H,32,33,34). The van der Waals surface area contributed by atoms with Gasteiger partial charge < -0.3 is 10.2 Å². The Morgan fingerprint density at radius 1 is 1.15 bits per heavy atom. The first-order chi connectivity index (χ1) is 19.4. The number of rotatable bonds is 6. The summed E-state index contributed by atoms with van der Waals surface area (Å²) in [4.78, 5) is 34.4. The van der Waals surface area contributed by atoms with Crippen LogP contribution in [0.4, 0.5) is 21.6 Å². The number of fused-ring (bicyclic) bond motifs is 1. The molecule has 8 nitrogen and oxygen atoms in total. The first-order valence-electron chi connectivity index (χ1n) is 13.0. The number of nitrogens with one attached hydrogen (secondary N) is 2. The van der Waals surface area contributed by atoms with E-state index < -0.39 is 11.4 Å². The average Bonchev–Trinajstić information content (AvgIpc) is 3.60. The molecule has 0 spiro atoms. The van der Waals surface area contributed by atoms with E-state index in [0.717, 1.165) is 35.0 Å². The highest BCUT2D eigenvalue weighted by molar-refractivity contribution is 7.20. The zero-order valence-corrected chi connectivity index (χ0v) is 22.8. The summed E-state index contributed by atoms with van der Waals surface area (Å²) in [6, 6.07) is 19.8. The third-order valence-electron chi connectivity index (χ3n) is 7.30. The van der Waals surface area contributed by atoms with Crippen LogP contribution in [-0.2, 0) is 0 Å². The molecular formula is C30H27FN6O2S. The molecule has 5 aromatic rings. The van der Waals surface area contributed by atoms with E-state index in [1.54, 1.807) is 25.2 Å². The number of thiophene rings is 1. The number of aromatic nitrogens is 3. The number of H-pyrrole nitrogens is 1. The molecule has 6 rings (SSSR count). The highest BCUT2D eigenvalue weighted by Crippen LogP contribution is 2.32. The summed E-state index contributed by atoms with van der Waals surface area (Å²) in [6.07, 6.45) is 4.10. The predicted octanol–water partition coefficient (Wildman–Crippen LogP) is 5.97. The van der Waals surface area contributed by atoms with Crippen molar-refractivity contribution in [3.8, 4) is 11.3 Å². The van der Waals surface area contributed by atoms with Gasteiger partial charge in [0.25, 0.3) is 11.5 Å². The molecule has 1 atom stereocenters. The molecule has 1 amide bonds. The number of nitrogens with zero attached hydrogens (tertiary/aromatic N) is 4. The van der Waals surface area contributed by atoms with Gasteiger partial charge in [0.1, 0.15) is 17.3 Å². The Balaban J connectivity index is 1.25. The molecule has 1 aliphatic heterocycles. The van der Waals surface area contributed by atoms with E-state index in [4.69, 9.17) is 0 Å². The van der Waals surface area contributed by atoms with Crippen LogP contribution in [0.25, 0.3) is 21.3 Å². The lowest BCUT2D eigenvalue weighted by molar-refractivity contribution is 0.0996. The molecule has 0 saturated carbocycles. The number of halogens is 1. The van der Waals surface area contributed by atoms with Gasteiger partial charge in [-0.1, -0.05) is 24.3 Å². The number of carbonyl (C=O) groups is 1. The molecule has 40 heavy (non-hydrogen) atoms. The van der Waals surface area contributed by atoms with Crippen molar-refractivity contribution in [3.05, 3.63) is 99.5 Å². The molecule has 2 aromatic carbocycles. The van der Waals surface area contributed by atoms with Crippen LogP contribution in [0.1, 0.15) is 34.1 Å². The van der Waals surface area contributed by atoms with Crippen molar-refractivity contribution >= 4 is 44.5 Å². The Kier molecular flexibility index (Phi) is 6.87. The summed E-state index contributed by atoms with van der Waals surface area (Å²) in [6.45, 7) is 1.07. The second-order valence-electron chi connectivity index (χ2n) is 9.92. The Labute approximate surface area is 234 Å². The number of hydrogen-bond donors (Lipinski definition) is 2. The molecule has 4 heterocycles. The monoisotopic (exact) mass is 554 g/mol. The van der Waals surface area contributed by atoms with Crippen molar-refractivity contribution in [2.45, 2.75) is 18.9 Å². The summed E-state index contributed by atoms with van der Waals surface area (Å²) < 4.78 is 15.9. The molecule has 2 N–H and O–H groups in total. The van der Waals surface area contributed by atoms with E-state index in [1.807, 2.05) is 48.7 Å². The van der Waals surface area contributed by atoms with Crippen LogP contribution < -0.4 is 15.8 Å². The van der Waals surface area contributed by atoms with E-state index in [9.17, 15) is 14.0 Å². The number of aromatic amines is 1. The molecule has 0 bridgehead atoms. The van der Waals surface area contributed by atoms with Crippen LogP contribution in [0.2, 0.25) is 0 Å². The van der Waals surface area contributed by atoms with Crippen LogP contribution in [-0.4, -0.2) is 46.6 Å². The van der Waals surface area contributed by atoms with Crippen LogP contribution in [0.15, 0.2) is 77.7 Å². The minimum Gasteiger partial charge on any atom is -0.336 e. The fraction of sp³-hybridized carbons (Fsp3) is 0.200. The number of hydrogen-bond acceptors (Lipinski definition) is 7. The molecule has 0 aliphatic carbocycles. The maximum Gasteiger partial charge on any atom is 0.287 e. The van der Waals surface area contributed by atoms with Crippen molar-refractivity contribution < 1.29 is 9.18 Å². The molecular weight excluding hydrogens is 527 g/mol. The van der Waals surface area contributed by atoms with Gasteiger partial charge in [0, 0.05) is 29.5 Å². The zero-order chi connectivity index (χ0) is 27.8. The quantitative estimate of drug-likeness (QED) is 0.269. The normalized spacial score (nSPS) is 15.4. The van der Waals surface area contributed by atoms with Crippen molar-refractivity contribution in [1.82, 2.24) is 20.1 Å². The van der Waals surface area contributed by atoms with Gasteiger partial charge in [-0.2, -0.15) is 5.10 Å². The van der Waals surface area contributed by atoms with Gasteiger partial charge in [0.2, 0.25) is 0 Å². The first kappa shape index (κ1) is 25.8. The number of benzene rings is 2. The van der Waals surface area contributed by atoms with Gasteiger partial charge in [-0.05, 0) is 79.8 Å². The summed E-state index contributed by atoms with van der Waals surface area (Å²) in [5.41, 5.74) is 2.04. The lowest BCUT2D eigenvalue weighted by Crippen LogP contribution is -2.26. The lowest BCUT2D eigenvalue weighted by atomic mass is 10.1. The molecule has 1 aliphatic rings. The summed E-state index contributed by atoms with van der Waals surface area (Å²) in [5.74, 6) is -0.325. The highest BCUT2D eigenvalue weighted by Gasteiger charge is 2.23. The van der Waals surface area contributed by atoms with Crippen LogP contribution in [0, 0.1) is 5.82 Å².